The zero-order valence-corrected chi connectivity index (χ0v) is 15.4. The first-order valence-electron chi connectivity index (χ1n) is 7.13. The molecular formula is C15H14Cl2N2O5S. The molecule has 0 fully saturated rings. The number of rotatable bonds is 7. The van der Waals surface area contributed by atoms with Gasteiger partial charge >= 0.3 is 0 Å². The summed E-state index contributed by atoms with van der Waals surface area (Å²) < 4.78 is 32.4. The third-order valence-corrected chi connectivity index (χ3v) is 5.19. The van der Waals surface area contributed by atoms with Gasteiger partial charge in [-0.05, 0) is 36.8 Å². The molecule has 0 radical (unpaired) electrons. The average Bonchev–Trinajstić information content (AvgIpc) is 2.55. The van der Waals surface area contributed by atoms with Crippen LogP contribution in [0.15, 0.2) is 41.3 Å². The molecule has 0 amide bonds. The molecule has 2 aromatic rings. The molecule has 0 spiro atoms. The highest BCUT2D eigenvalue weighted by Gasteiger charge is 2.22. The van der Waals surface area contributed by atoms with Gasteiger partial charge in [0.05, 0.1) is 32.5 Å². The molecule has 0 bridgehead atoms. The summed E-state index contributed by atoms with van der Waals surface area (Å²) >= 11 is 11.6. The van der Waals surface area contributed by atoms with E-state index in [2.05, 4.69) is 4.72 Å². The highest BCUT2D eigenvalue weighted by molar-refractivity contribution is 7.92. The van der Waals surface area contributed by atoms with E-state index in [9.17, 15) is 18.5 Å². The first-order chi connectivity index (χ1) is 11.7. The summed E-state index contributed by atoms with van der Waals surface area (Å²) in [4.78, 5) is 10.4. The van der Waals surface area contributed by atoms with Crippen LogP contribution in [0.2, 0.25) is 10.0 Å². The predicted octanol–water partition coefficient (Wildman–Crippen LogP) is 4.49. The Balaban J connectivity index is 2.37. The number of anilines is 1. The molecule has 0 heterocycles. The fourth-order valence-corrected chi connectivity index (χ4v) is 3.37. The van der Waals surface area contributed by atoms with Crippen molar-refractivity contribution in [2.24, 2.45) is 0 Å². The van der Waals surface area contributed by atoms with Crippen LogP contribution >= 0.6 is 23.2 Å². The number of nitro benzene ring substituents is 1. The first-order valence-corrected chi connectivity index (χ1v) is 9.37. The van der Waals surface area contributed by atoms with E-state index in [-0.39, 0.29) is 26.4 Å². The first kappa shape index (κ1) is 19.3. The van der Waals surface area contributed by atoms with E-state index in [0.717, 1.165) is 12.5 Å². The molecular weight excluding hydrogens is 391 g/mol. The normalized spacial score (nSPS) is 11.2. The van der Waals surface area contributed by atoms with Crippen molar-refractivity contribution in [3.05, 3.63) is 56.6 Å². The highest BCUT2D eigenvalue weighted by atomic mass is 35.5. The van der Waals surface area contributed by atoms with Gasteiger partial charge in [-0.15, -0.1) is 0 Å². The van der Waals surface area contributed by atoms with E-state index in [0.29, 0.717) is 6.61 Å². The monoisotopic (exact) mass is 404 g/mol. The number of nitrogens with one attached hydrogen (secondary N) is 1. The lowest BCUT2D eigenvalue weighted by Crippen LogP contribution is -2.14. The van der Waals surface area contributed by atoms with Crippen molar-refractivity contribution in [1.29, 1.82) is 0 Å². The molecule has 0 aliphatic carbocycles. The van der Waals surface area contributed by atoms with Crippen molar-refractivity contribution in [2.45, 2.75) is 18.2 Å². The number of hydrogen-bond acceptors (Lipinski definition) is 5. The van der Waals surface area contributed by atoms with Crippen molar-refractivity contribution >= 4 is 44.6 Å². The smallest absolute Gasteiger partial charge is 0.297 e. The van der Waals surface area contributed by atoms with Gasteiger partial charge in [0, 0.05) is 0 Å². The van der Waals surface area contributed by atoms with Crippen LogP contribution in [0.25, 0.3) is 0 Å². The number of nitrogens with zero attached hydrogens (tertiary/aromatic N) is 1. The molecule has 0 aliphatic rings. The summed E-state index contributed by atoms with van der Waals surface area (Å²) in [6, 6.07) is 7.64. The molecule has 0 unspecified atom stereocenters. The molecule has 10 heteroatoms. The third-order valence-electron chi connectivity index (χ3n) is 3.08. The Morgan fingerprint density at radius 2 is 1.88 bits per heavy atom. The van der Waals surface area contributed by atoms with Gasteiger partial charge in [0.2, 0.25) is 0 Å². The predicted molar refractivity (Wildman–Crippen MR) is 96.2 cm³/mol. The molecule has 1 N–H and O–H groups in total. The number of nitro groups is 1. The van der Waals surface area contributed by atoms with Crippen LogP contribution in [0, 0.1) is 10.1 Å². The minimum absolute atomic E-state index is 0.0577. The van der Waals surface area contributed by atoms with Gasteiger partial charge in [-0.2, -0.15) is 0 Å². The maximum atomic E-state index is 12.4. The zero-order chi connectivity index (χ0) is 18.6. The topological polar surface area (TPSA) is 98.5 Å². The van der Waals surface area contributed by atoms with Gasteiger partial charge in [-0.25, -0.2) is 8.42 Å². The van der Waals surface area contributed by atoms with Crippen LogP contribution in [0.3, 0.4) is 0 Å². The van der Waals surface area contributed by atoms with Crippen molar-refractivity contribution in [2.75, 3.05) is 11.3 Å². The maximum absolute atomic E-state index is 12.4. The highest BCUT2D eigenvalue weighted by Crippen LogP contribution is 2.32. The number of ether oxygens (including phenoxy) is 1. The summed E-state index contributed by atoms with van der Waals surface area (Å²) in [6.45, 7) is 2.29. The standard InChI is InChI=1S/C15H14Cl2N2O5S/c1-2-7-24-10-3-6-14(15(8-10)19(20)21)18-25(22,23)11-4-5-12(16)13(17)9-11/h3-6,8-9,18H,2,7H2,1H3. The van der Waals surface area contributed by atoms with E-state index in [4.69, 9.17) is 27.9 Å². The maximum Gasteiger partial charge on any atom is 0.297 e. The molecule has 0 saturated heterocycles. The van der Waals surface area contributed by atoms with Gasteiger partial charge in [-0.1, -0.05) is 30.1 Å². The second-order valence-corrected chi connectivity index (χ2v) is 7.46. The van der Waals surface area contributed by atoms with E-state index in [1.165, 1.54) is 30.3 Å². The molecule has 2 aromatic carbocycles. The van der Waals surface area contributed by atoms with Gasteiger partial charge < -0.3 is 4.74 Å². The fraction of sp³-hybridized carbons (Fsp3) is 0.200. The third kappa shape index (κ3) is 4.75. The summed E-state index contributed by atoms with van der Waals surface area (Å²) in [5, 5.41) is 11.5. The van der Waals surface area contributed by atoms with Crippen LogP contribution < -0.4 is 9.46 Å². The average molecular weight is 405 g/mol. The molecule has 0 aromatic heterocycles. The quantitative estimate of drug-likeness (QED) is 0.541. The van der Waals surface area contributed by atoms with E-state index < -0.39 is 20.6 Å². The summed E-state index contributed by atoms with van der Waals surface area (Å²) in [5.74, 6) is 0.283. The molecule has 2 rings (SSSR count). The van der Waals surface area contributed by atoms with Gasteiger partial charge in [-0.3, -0.25) is 14.8 Å². The summed E-state index contributed by atoms with van der Waals surface area (Å²) in [6.07, 6.45) is 0.736. The number of halogens is 2. The van der Waals surface area contributed by atoms with Crippen LogP contribution in [-0.2, 0) is 10.0 Å². The molecule has 0 saturated carbocycles. The van der Waals surface area contributed by atoms with Crippen LogP contribution in [0.5, 0.6) is 5.75 Å². The van der Waals surface area contributed by atoms with Crippen LogP contribution in [0.4, 0.5) is 11.4 Å². The number of sulfonamides is 1. The molecule has 0 atom stereocenters. The Labute approximate surface area is 154 Å². The van der Waals surface area contributed by atoms with E-state index in [1.54, 1.807) is 0 Å². The molecule has 0 aliphatic heterocycles. The lowest BCUT2D eigenvalue weighted by atomic mass is 10.2. The number of benzene rings is 2. The Hall–Kier alpha value is -2.03. The van der Waals surface area contributed by atoms with Crippen LogP contribution in [-0.4, -0.2) is 19.9 Å². The Morgan fingerprint density at radius 1 is 1.16 bits per heavy atom. The van der Waals surface area contributed by atoms with Gasteiger partial charge in [0.15, 0.2) is 0 Å². The number of hydrogen-bond donors (Lipinski definition) is 1. The largest absolute Gasteiger partial charge is 0.493 e. The molecule has 134 valence electrons. The summed E-state index contributed by atoms with van der Waals surface area (Å²) in [7, 11) is -4.08. The molecule has 25 heavy (non-hydrogen) atoms. The Bertz CT molecular complexity index is 903. The SMILES string of the molecule is CCCOc1ccc(NS(=O)(=O)c2ccc(Cl)c(Cl)c2)c([N+](=O)[O-])c1. The van der Waals surface area contributed by atoms with Gasteiger partial charge in [0.25, 0.3) is 15.7 Å². The Morgan fingerprint density at radius 3 is 2.48 bits per heavy atom. The molecule has 7 nitrogen and oxygen atoms in total. The fourth-order valence-electron chi connectivity index (χ4n) is 1.91. The second kappa shape index (κ2) is 7.90. The van der Waals surface area contributed by atoms with Crippen molar-refractivity contribution < 1.29 is 18.1 Å². The summed E-state index contributed by atoms with van der Waals surface area (Å²) in [5.41, 5.74) is -0.600. The van der Waals surface area contributed by atoms with E-state index in [1.807, 2.05) is 6.92 Å². The van der Waals surface area contributed by atoms with Crippen molar-refractivity contribution in [3.63, 3.8) is 0 Å². The lowest BCUT2D eigenvalue weighted by molar-refractivity contribution is -0.384. The van der Waals surface area contributed by atoms with Crippen LogP contribution in [0.1, 0.15) is 13.3 Å². The lowest BCUT2D eigenvalue weighted by Gasteiger charge is -2.11. The van der Waals surface area contributed by atoms with E-state index >= 15 is 0 Å². The second-order valence-electron chi connectivity index (χ2n) is 4.97. The minimum Gasteiger partial charge on any atom is -0.493 e. The zero-order valence-electron chi connectivity index (χ0n) is 13.0. The van der Waals surface area contributed by atoms with Gasteiger partial charge in [0.1, 0.15) is 11.4 Å². The Kier molecular flexibility index (Phi) is 6.10. The minimum atomic E-state index is -4.08. The van der Waals surface area contributed by atoms with Crippen molar-refractivity contribution in [1.82, 2.24) is 0 Å². The van der Waals surface area contributed by atoms with Crippen molar-refractivity contribution in [3.8, 4) is 5.75 Å².